The summed E-state index contributed by atoms with van der Waals surface area (Å²) in [6, 6.07) is 0. The number of oxime groups is 1. The predicted molar refractivity (Wildman–Crippen MR) is 96.7 cm³/mol. The molecule has 1 saturated heterocycles. The Morgan fingerprint density at radius 3 is 2.42 bits per heavy atom. The fourth-order valence-electron chi connectivity index (χ4n) is 2.42. The van der Waals surface area contributed by atoms with Crippen LogP contribution in [0.4, 0.5) is 4.79 Å². The lowest BCUT2D eigenvalue weighted by Gasteiger charge is -2.26. The van der Waals surface area contributed by atoms with Crippen molar-refractivity contribution in [3.8, 4) is 0 Å². The number of thioether (sulfide) groups is 1. The summed E-state index contributed by atoms with van der Waals surface area (Å²) in [6.45, 7) is 3.96. The molecule has 1 amide bonds. The van der Waals surface area contributed by atoms with Crippen LogP contribution >= 0.6 is 31.6 Å². The second-order valence-corrected chi connectivity index (χ2v) is 9.72. The smallest absolute Gasteiger partial charge is 0.296 e. The standard InChI is InChI=1S/C13H24N3O5PS2/c1-5-16(24-15(3)13(17)19-14-10(2)23-4)22(18)20-11-8-6-7-9-12(11)21-22/h11-12H,5-9H2,1-4H3. The van der Waals surface area contributed by atoms with Crippen molar-refractivity contribution in [3.63, 3.8) is 0 Å². The number of fused-ring (bicyclic) bond motifs is 1. The van der Waals surface area contributed by atoms with Gasteiger partial charge in [-0.1, -0.05) is 24.9 Å². The van der Waals surface area contributed by atoms with E-state index in [0.29, 0.717) is 11.6 Å². The zero-order valence-electron chi connectivity index (χ0n) is 14.3. The van der Waals surface area contributed by atoms with Crippen molar-refractivity contribution >= 4 is 42.8 Å². The van der Waals surface area contributed by atoms with E-state index in [1.807, 2.05) is 13.2 Å². The van der Waals surface area contributed by atoms with Crippen molar-refractivity contribution in [2.24, 2.45) is 5.16 Å². The van der Waals surface area contributed by atoms with Crippen molar-refractivity contribution in [1.82, 2.24) is 8.38 Å². The molecule has 0 aromatic rings. The van der Waals surface area contributed by atoms with Crippen molar-refractivity contribution in [1.29, 1.82) is 0 Å². The van der Waals surface area contributed by atoms with E-state index in [2.05, 4.69) is 5.16 Å². The molecule has 1 aliphatic carbocycles. The maximum absolute atomic E-state index is 13.0. The summed E-state index contributed by atoms with van der Waals surface area (Å²) in [5.74, 6) is 0. The molecule has 0 radical (unpaired) electrons. The highest BCUT2D eigenvalue weighted by Crippen LogP contribution is 2.63. The minimum absolute atomic E-state index is 0.120. The lowest BCUT2D eigenvalue weighted by molar-refractivity contribution is 0.110. The van der Waals surface area contributed by atoms with Gasteiger partial charge in [-0.3, -0.25) is 13.9 Å². The first kappa shape index (κ1) is 20.1. The molecule has 8 nitrogen and oxygen atoms in total. The first-order chi connectivity index (χ1) is 11.4. The SMILES string of the molecule is CCN(SN(C)C(=O)ON=C(C)SC)P1(=O)OC2CCCCC2O1. The summed E-state index contributed by atoms with van der Waals surface area (Å²) in [7, 11) is -1.89. The minimum Gasteiger partial charge on any atom is -0.296 e. The van der Waals surface area contributed by atoms with Crippen LogP contribution in [0.15, 0.2) is 5.16 Å². The van der Waals surface area contributed by atoms with Crippen LogP contribution in [-0.2, 0) is 18.5 Å². The summed E-state index contributed by atoms with van der Waals surface area (Å²) in [5, 5.41) is 4.33. The number of rotatable bonds is 5. The third-order valence-corrected chi connectivity index (χ3v) is 7.97. The number of hydrogen-bond donors (Lipinski definition) is 0. The van der Waals surface area contributed by atoms with E-state index < -0.39 is 13.8 Å². The monoisotopic (exact) mass is 397 g/mol. The van der Waals surface area contributed by atoms with Crippen LogP contribution in [0.1, 0.15) is 39.5 Å². The molecule has 2 aliphatic rings. The Morgan fingerprint density at radius 1 is 1.33 bits per heavy atom. The fourth-order valence-corrected chi connectivity index (χ4v) is 5.73. The molecule has 0 aromatic carbocycles. The molecule has 1 saturated carbocycles. The summed E-state index contributed by atoms with van der Waals surface area (Å²) in [5.41, 5.74) is 0. The van der Waals surface area contributed by atoms with Crippen LogP contribution in [0.25, 0.3) is 0 Å². The van der Waals surface area contributed by atoms with Gasteiger partial charge in [-0.15, -0.1) is 15.8 Å². The average molecular weight is 397 g/mol. The Balaban J connectivity index is 1.96. The van der Waals surface area contributed by atoms with Gasteiger partial charge in [0.15, 0.2) is 0 Å². The first-order valence-electron chi connectivity index (χ1n) is 7.86. The van der Waals surface area contributed by atoms with Crippen LogP contribution in [-0.4, -0.2) is 51.6 Å². The van der Waals surface area contributed by atoms with Crippen molar-refractivity contribution in [2.75, 3.05) is 19.8 Å². The highest BCUT2D eigenvalue weighted by molar-refractivity contribution is 8.13. The molecule has 1 heterocycles. The molecule has 2 atom stereocenters. The van der Waals surface area contributed by atoms with Gasteiger partial charge in [0.25, 0.3) is 0 Å². The van der Waals surface area contributed by atoms with Gasteiger partial charge in [0.1, 0.15) is 5.04 Å². The van der Waals surface area contributed by atoms with Gasteiger partial charge < -0.3 is 0 Å². The van der Waals surface area contributed by atoms with Gasteiger partial charge >= 0.3 is 13.8 Å². The van der Waals surface area contributed by atoms with Gasteiger partial charge in [-0.2, -0.15) is 0 Å². The zero-order chi connectivity index (χ0) is 17.7. The van der Waals surface area contributed by atoms with E-state index in [1.54, 1.807) is 6.92 Å². The largest absolute Gasteiger partial charge is 0.446 e. The lowest BCUT2D eigenvalue weighted by Crippen LogP contribution is -2.26. The highest BCUT2D eigenvalue weighted by atomic mass is 32.2. The van der Waals surface area contributed by atoms with Crippen LogP contribution in [0.5, 0.6) is 0 Å². The molecular weight excluding hydrogens is 373 g/mol. The number of nitrogens with zero attached hydrogens (tertiary/aromatic N) is 3. The van der Waals surface area contributed by atoms with Crippen LogP contribution in [0, 0.1) is 0 Å². The van der Waals surface area contributed by atoms with E-state index in [0.717, 1.165) is 37.8 Å². The Hall–Kier alpha value is -0.250. The first-order valence-corrected chi connectivity index (χ1v) is 11.3. The van der Waals surface area contributed by atoms with Gasteiger partial charge in [-0.05, 0) is 26.0 Å². The maximum atomic E-state index is 13.0. The highest BCUT2D eigenvalue weighted by Gasteiger charge is 2.49. The summed E-state index contributed by atoms with van der Waals surface area (Å²) in [6.07, 6.45) is 4.77. The zero-order valence-corrected chi connectivity index (χ0v) is 16.9. The predicted octanol–water partition coefficient (Wildman–Crippen LogP) is 4.10. The number of carbonyl (C=O) groups excluding carboxylic acids is 1. The molecule has 1 aliphatic heterocycles. The summed E-state index contributed by atoms with van der Waals surface area (Å²) >= 11 is 2.34. The number of carbonyl (C=O) groups is 1. The Kier molecular flexibility index (Phi) is 7.45. The molecule has 24 heavy (non-hydrogen) atoms. The third-order valence-electron chi connectivity index (χ3n) is 3.74. The van der Waals surface area contributed by atoms with E-state index >= 15 is 0 Å². The third kappa shape index (κ3) is 4.89. The minimum atomic E-state index is -3.42. The molecule has 0 aromatic heterocycles. The Bertz CT molecular complexity index is 518. The molecule has 138 valence electrons. The summed E-state index contributed by atoms with van der Waals surface area (Å²) < 4.78 is 27.2. The lowest BCUT2D eigenvalue weighted by atomic mass is 9.95. The quantitative estimate of drug-likeness (QED) is 0.171. The van der Waals surface area contributed by atoms with Crippen LogP contribution < -0.4 is 0 Å². The van der Waals surface area contributed by atoms with Crippen LogP contribution in [0.2, 0.25) is 0 Å². The molecule has 2 fully saturated rings. The molecular formula is C13H24N3O5PS2. The molecule has 0 N–H and O–H groups in total. The van der Waals surface area contributed by atoms with E-state index in [9.17, 15) is 9.36 Å². The van der Waals surface area contributed by atoms with Crippen molar-refractivity contribution in [3.05, 3.63) is 0 Å². The molecule has 2 rings (SSSR count). The van der Waals surface area contributed by atoms with Gasteiger partial charge in [0.05, 0.1) is 24.3 Å². The van der Waals surface area contributed by atoms with E-state index in [-0.39, 0.29) is 12.2 Å². The Labute approximate surface area is 151 Å². The second kappa shape index (κ2) is 8.91. The van der Waals surface area contributed by atoms with Gasteiger partial charge in [0, 0.05) is 13.6 Å². The molecule has 11 heteroatoms. The summed E-state index contributed by atoms with van der Waals surface area (Å²) in [4.78, 5) is 16.8. The normalized spacial score (nSPS) is 30.3. The number of hydrogen-bond acceptors (Lipinski definition) is 8. The second-order valence-electron chi connectivity index (χ2n) is 5.46. The topological polar surface area (TPSA) is 80.7 Å². The van der Waals surface area contributed by atoms with E-state index in [1.165, 1.54) is 27.2 Å². The molecule has 0 spiro atoms. The van der Waals surface area contributed by atoms with Gasteiger partial charge in [0.2, 0.25) is 0 Å². The molecule has 2 unspecified atom stereocenters. The van der Waals surface area contributed by atoms with E-state index in [4.69, 9.17) is 13.9 Å². The number of amides is 1. The van der Waals surface area contributed by atoms with Crippen LogP contribution in [0.3, 0.4) is 0 Å². The molecule has 0 bridgehead atoms. The van der Waals surface area contributed by atoms with Crippen molar-refractivity contribution in [2.45, 2.75) is 51.7 Å². The Morgan fingerprint density at radius 2 is 1.92 bits per heavy atom. The fraction of sp³-hybridized carbons (Fsp3) is 0.846. The van der Waals surface area contributed by atoms with Gasteiger partial charge in [-0.25, -0.2) is 13.7 Å². The average Bonchev–Trinajstić information content (AvgIpc) is 2.93. The maximum Gasteiger partial charge on any atom is 0.446 e. The van der Waals surface area contributed by atoms with Crippen molar-refractivity contribution < 1.29 is 23.2 Å².